The number of likely N-dealkylation sites (N-methyl/N-ethyl adjacent to an activating group) is 2. The van der Waals surface area contributed by atoms with Crippen LogP contribution in [0, 0.1) is 23.2 Å². The van der Waals surface area contributed by atoms with Crippen LogP contribution in [-0.2, 0) is 35.1 Å². The number of azide groups is 1. The maximum Gasteiger partial charge on any atom is 0.329 e. The van der Waals surface area contributed by atoms with Crippen LogP contribution >= 0.6 is 11.8 Å². The molecule has 4 rings (SSSR count). The maximum absolute atomic E-state index is 15.0. The number of carbonyl (C=O) groups excluding carboxylic acids is 5. The lowest BCUT2D eigenvalue weighted by molar-refractivity contribution is -0.166. The molecule has 1 aromatic rings. The lowest BCUT2D eigenvalue weighted by Gasteiger charge is -2.40. The summed E-state index contributed by atoms with van der Waals surface area (Å²) in [5.41, 5.74) is 9.58. The molecule has 0 aromatic heterocycles. The van der Waals surface area contributed by atoms with Crippen LogP contribution in [0.1, 0.15) is 112 Å². The molecule has 3 aliphatic rings. The van der Waals surface area contributed by atoms with Crippen LogP contribution in [-0.4, -0.2) is 137 Å². The molecular weight excluding hydrogens is 849 g/mol. The van der Waals surface area contributed by atoms with E-state index in [1.807, 2.05) is 60.6 Å². The highest BCUT2D eigenvalue weighted by Crippen LogP contribution is 2.34. The van der Waals surface area contributed by atoms with Crippen LogP contribution in [0.4, 0.5) is 0 Å². The number of carbonyl (C=O) groups is 5. The van der Waals surface area contributed by atoms with Gasteiger partial charge in [0, 0.05) is 55.8 Å². The van der Waals surface area contributed by atoms with Crippen molar-refractivity contribution in [2.24, 2.45) is 33.3 Å². The van der Waals surface area contributed by atoms with Crippen LogP contribution in [0.2, 0.25) is 0 Å². The maximum atomic E-state index is 15.0. The van der Waals surface area contributed by atoms with E-state index in [2.05, 4.69) is 15.3 Å². The van der Waals surface area contributed by atoms with Gasteiger partial charge >= 0.3 is 5.97 Å². The predicted octanol–water partition coefficient (Wildman–Crippen LogP) is 6.74. The van der Waals surface area contributed by atoms with Crippen molar-refractivity contribution >= 4 is 46.4 Å². The lowest BCUT2D eigenvalue weighted by Crippen LogP contribution is -2.60. The number of thioether (sulfide) groups is 1. The third-order valence-electron chi connectivity index (χ3n) is 13.3. The van der Waals surface area contributed by atoms with Gasteiger partial charge in [-0.25, -0.2) is 4.79 Å². The van der Waals surface area contributed by atoms with E-state index < -0.39 is 65.5 Å². The summed E-state index contributed by atoms with van der Waals surface area (Å²) in [5, 5.41) is 18.9. The molecule has 3 heterocycles. The van der Waals surface area contributed by atoms with E-state index in [1.165, 1.54) is 16.8 Å². The van der Waals surface area contributed by atoms with Gasteiger partial charge in [0.15, 0.2) is 0 Å². The third kappa shape index (κ3) is 14.2. The van der Waals surface area contributed by atoms with E-state index >= 15 is 0 Å². The van der Waals surface area contributed by atoms with E-state index in [0.717, 1.165) is 10.6 Å². The number of nitrogens with zero attached hydrogens (tertiary/aromatic N) is 7. The van der Waals surface area contributed by atoms with Gasteiger partial charge < -0.3 is 34.6 Å². The zero-order chi connectivity index (χ0) is 48.2. The number of fused-ring (bicyclic) bond motifs is 2. The number of cyclic esters (lactones) is 1. The molecule has 0 aliphatic carbocycles. The number of benzene rings is 1. The summed E-state index contributed by atoms with van der Waals surface area (Å²) in [4.78, 5) is 85.1. The van der Waals surface area contributed by atoms with E-state index in [0.29, 0.717) is 68.6 Å². The number of methoxy groups -OCH3 is 1. The molecular formula is C48H74N8O8S. The zero-order valence-corrected chi connectivity index (χ0v) is 41.3. The molecule has 16 nitrogen and oxygen atoms in total. The number of aliphatic imine (C=N–C) groups is 1. The second-order valence-corrected chi connectivity index (χ2v) is 20.4. The fraction of sp³-hybridized carbons (Fsp3) is 0.708. The van der Waals surface area contributed by atoms with E-state index in [9.17, 15) is 29.1 Å². The van der Waals surface area contributed by atoms with Crippen molar-refractivity contribution in [3.05, 3.63) is 51.9 Å². The van der Waals surface area contributed by atoms with Crippen LogP contribution in [0.3, 0.4) is 0 Å². The molecule has 2 N–H and O–H groups in total. The number of unbranched alkanes of at least 4 members (excludes halogenated alkanes) is 1. The molecule has 1 aromatic carbocycles. The Balaban J connectivity index is 1.82. The molecule has 360 valence electrons. The molecule has 4 amide bonds. The van der Waals surface area contributed by atoms with Crippen molar-refractivity contribution in [1.29, 1.82) is 0 Å². The summed E-state index contributed by atoms with van der Waals surface area (Å²) in [5.74, 6) is -1.71. The average Bonchev–Trinajstić information content (AvgIpc) is 3.96. The Morgan fingerprint density at radius 3 is 2.37 bits per heavy atom. The first kappa shape index (κ1) is 53.0. The Morgan fingerprint density at radius 1 is 1.05 bits per heavy atom. The van der Waals surface area contributed by atoms with Crippen molar-refractivity contribution in [1.82, 2.24) is 20.0 Å². The Hall–Kier alpha value is -4.60. The number of amides is 4. The Labute approximate surface area is 390 Å². The van der Waals surface area contributed by atoms with Gasteiger partial charge in [0.25, 0.3) is 0 Å². The predicted molar refractivity (Wildman–Crippen MR) is 254 cm³/mol. The number of hydrogen-bond acceptors (Lipinski definition) is 11. The highest BCUT2D eigenvalue weighted by Gasteiger charge is 2.45. The van der Waals surface area contributed by atoms with Crippen LogP contribution in [0.15, 0.2) is 46.0 Å². The van der Waals surface area contributed by atoms with Crippen molar-refractivity contribution < 1.29 is 38.6 Å². The quantitative estimate of drug-likeness (QED) is 0.0837. The fourth-order valence-corrected chi connectivity index (χ4v) is 10.0. The molecule has 65 heavy (non-hydrogen) atoms. The summed E-state index contributed by atoms with van der Waals surface area (Å²) in [7, 11) is 4.67. The first-order valence-electron chi connectivity index (χ1n) is 23.3. The van der Waals surface area contributed by atoms with Crippen LogP contribution in [0.5, 0.6) is 5.75 Å². The number of ether oxygens (including phenoxy) is 2. The highest BCUT2D eigenvalue weighted by atomic mass is 32.2. The van der Waals surface area contributed by atoms with Crippen LogP contribution in [0.25, 0.3) is 10.4 Å². The number of esters is 1. The van der Waals surface area contributed by atoms with Gasteiger partial charge in [-0.15, -0.1) is 11.8 Å². The summed E-state index contributed by atoms with van der Waals surface area (Å²) >= 11 is 1.55. The molecule has 2 bridgehead atoms. The summed E-state index contributed by atoms with van der Waals surface area (Å²) in [6, 6.07) is 2.88. The van der Waals surface area contributed by atoms with Crippen LogP contribution < -0.4 is 10.1 Å². The minimum absolute atomic E-state index is 0.0259. The molecule has 3 aliphatic heterocycles. The Kier molecular flexibility index (Phi) is 19.8. The molecule has 0 spiro atoms. The standard InChI is InChI=1S/C48H74N8O8S/c1-12-30(3)41-46(61)56-23-15-17-38(56)47(62)64-40(48(6,7)8)25-29(2)24-39(57)32(5)43-51-34(28-65-43)26-31(4)42(58)52-36(27-33-18-20-35(63-11)21-19-33)44(59)54(9)37(45(60)55(41)10)16-13-14-22-50-53-49/h18-21,26,29-30,32,34,36-41,57H,12-17,22-25,27-28H2,1-11H3,(H,52,58)/b31-26+/t29-,30-,32-,34-,36-,37?,38-,39-,40-,41-/m0/s1. The largest absolute Gasteiger partial charge is 0.497 e. The molecule has 1 saturated heterocycles. The minimum atomic E-state index is -1.10. The summed E-state index contributed by atoms with van der Waals surface area (Å²) in [6.45, 7) is 16.1. The SMILES string of the molecule is CC[C@H](C)[C@H]1C(=O)N2CCC[C@H]2C(=O)O[C@H](C(C)(C)C)C[C@@H](C)C[C@H](O)[C@H](C)C2=N[C@@H](/C=C(\C)C(=O)N[C@@H](Cc3ccc(OC)cc3)C(=O)N(C)C(CCCCN=[N+]=[N-])C(=O)N1C)CS2. The minimum Gasteiger partial charge on any atom is -0.497 e. The topological polar surface area (TPSA) is 207 Å². The molecule has 0 saturated carbocycles. The van der Waals surface area contributed by atoms with E-state index in [4.69, 9.17) is 20.0 Å². The number of aliphatic hydroxyl groups excluding tert-OH is 1. The molecule has 1 fully saturated rings. The first-order valence-corrected chi connectivity index (χ1v) is 24.3. The van der Waals surface area contributed by atoms with Crippen molar-refractivity contribution in [3.8, 4) is 5.75 Å². The monoisotopic (exact) mass is 923 g/mol. The zero-order valence-electron chi connectivity index (χ0n) is 40.5. The number of rotatable bonds is 10. The third-order valence-corrected chi connectivity index (χ3v) is 14.6. The summed E-state index contributed by atoms with van der Waals surface area (Å²) in [6.07, 6.45) is 4.23. The van der Waals surface area contributed by atoms with Gasteiger partial charge in [-0.3, -0.25) is 24.2 Å². The highest BCUT2D eigenvalue weighted by molar-refractivity contribution is 8.14. The van der Waals surface area contributed by atoms with Crippen molar-refractivity contribution in [3.63, 3.8) is 0 Å². The van der Waals surface area contributed by atoms with Gasteiger partial charge in [-0.1, -0.05) is 84.6 Å². The molecule has 10 atom stereocenters. The number of aliphatic hydroxyl groups is 1. The molecule has 1 unspecified atom stereocenters. The fourth-order valence-electron chi connectivity index (χ4n) is 8.90. The van der Waals surface area contributed by atoms with Gasteiger partial charge in [-0.05, 0) is 85.9 Å². The number of hydrogen-bond donors (Lipinski definition) is 2. The van der Waals surface area contributed by atoms with Crippen molar-refractivity contribution in [2.75, 3.05) is 40.0 Å². The lowest BCUT2D eigenvalue weighted by atomic mass is 9.81. The number of nitrogens with one attached hydrogen (secondary N) is 1. The normalized spacial score (nSPS) is 29.6. The smallest absolute Gasteiger partial charge is 0.329 e. The first-order chi connectivity index (χ1) is 30.7. The Bertz CT molecular complexity index is 1930. The van der Waals surface area contributed by atoms with E-state index in [1.54, 1.807) is 56.0 Å². The molecule has 0 radical (unpaired) electrons. The second-order valence-electron chi connectivity index (χ2n) is 19.4. The van der Waals surface area contributed by atoms with E-state index in [-0.39, 0.29) is 49.1 Å². The van der Waals surface area contributed by atoms with Gasteiger partial charge in [0.2, 0.25) is 23.6 Å². The molecule has 17 heteroatoms. The summed E-state index contributed by atoms with van der Waals surface area (Å²) < 4.78 is 11.7. The van der Waals surface area contributed by atoms with Gasteiger partial charge in [0.05, 0.1) is 24.3 Å². The average molecular weight is 923 g/mol. The van der Waals surface area contributed by atoms with Crippen molar-refractivity contribution in [2.45, 2.75) is 156 Å². The van der Waals surface area contributed by atoms with Gasteiger partial charge in [-0.2, -0.15) is 0 Å². The Morgan fingerprint density at radius 2 is 1.74 bits per heavy atom. The van der Waals surface area contributed by atoms with Gasteiger partial charge in [0.1, 0.15) is 36.0 Å². The second kappa shape index (κ2) is 24.3.